The van der Waals surface area contributed by atoms with Crippen LogP contribution in [0.4, 0.5) is 22.0 Å². The molecule has 0 unspecified atom stereocenters. The van der Waals surface area contributed by atoms with E-state index < -0.39 is 42.5 Å². The number of hydrogen-bond donors (Lipinski definition) is 2. The minimum absolute atomic E-state index is 0.116. The molecule has 0 saturated carbocycles. The first-order chi connectivity index (χ1) is 19.9. The second-order valence-electron chi connectivity index (χ2n) is 10.6. The van der Waals surface area contributed by atoms with Gasteiger partial charge in [-0.2, -0.15) is 0 Å². The average Bonchev–Trinajstić information content (AvgIpc) is 2.95. The van der Waals surface area contributed by atoms with E-state index in [2.05, 4.69) is 0 Å². The molecule has 4 rings (SSSR count). The molecule has 0 heterocycles. The van der Waals surface area contributed by atoms with Gasteiger partial charge in [-0.1, -0.05) is 110 Å². The molecule has 0 atom stereocenters. The van der Waals surface area contributed by atoms with Crippen LogP contribution in [0.3, 0.4) is 0 Å². The summed E-state index contributed by atoms with van der Waals surface area (Å²) < 4.78 is 72.6. The first-order valence-electron chi connectivity index (χ1n) is 14.1. The molecule has 4 aromatic rings. The minimum Gasteiger partial charge on any atom is -0.423 e. The topological polar surface area (TPSA) is 40.5 Å². The Morgan fingerprint density at radius 2 is 1.24 bits per heavy atom. The van der Waals surface area contributed by atoms with Crippen molar-refractivity contribution in [1.82, 2.24) is 0 Å². The zero-order valence-electron chi connectivity index (χ0n) is 24.1. The van der Waals surface area contributed by atoms with Crippen molar-refractivity contribution in [1.29, 1.82) is 0 Å². The van der Waals surface area contributed by atoms with Gasteiger partial charge in [-0.25, -0.2) is 22.0 Å². The lowest BCUT2D eigenvalue weighted by molar-refractivity contribution is -0.0103. The fraction of sp³-hybridized carbons (Fsp3) is 0.294. The van der Waals surface area contributed by atoms with Gasteiger partial charge >= 0.3 is 7.12 Å². The van der Waals surface area contributed by atoms with Gasteiger partial charge in [-0.05, 0) is 48.5 Å². The molecule has 0 amide bonds. The predicted octanol–water partition coefficient (Wildman–Crippen LogP) is 8.57. The molecule has 42 heavy (non-hydrogen) atoms. The van der Waals surface area contributed by atoms with Crippen LogP contribution >= 0.6 is 0 Å². The SMILES string of the molecule is CCCCCCC(F)(F)Cc1ccc(-c2ccc(-c3ccc(C)cc3)cc2F)c(F)c1F.Cc1ccc(B(O)O)cc1. The zero-order chi connectivity index (χ0) is 30.9. The fourth-order valence-electron chi connectivity index (χ4n) is 4.51. The van der Waals surface area contributed by atoms with E-state index in [4.69, 9.17) is 10.0 Å². The molecule has 4 aromatic carbocycles. The Morgan fingerprint density at radius 3 is 1.81 bits per heavy atom. The Bertz CT molecular complexity index is 1440. The fourth-order valence-corrected chi connectivity index (χ4v) is 4.51. The highest BCUT2D eigenvalue weighted by atomic mass is 19.3. The maximum Gasteiger partial charge on any atom is 0.488 e. The lowest BCUT2D eigenvalue weighted by atomic mass is 9.80. The molecule has 2 nitrogen and oxygen atoms in total. The smallest absolute Gasteiger partial charge is 0.423 e. The molecular weight excluding hydrogens is 546 g/mol. The van der Waals surface area contributed by atoms with Crippen LogP contribution in [0.2, 0.25) is 0 Å². The largest absolute Gasteiger partial charge is 0.488 e. The van der Waals surface area contributed by atoms with E-state index in [-0.39, 0.29) is 17.5 Å². The van der Waals surface area contributed by atoms with Gasteiger partial charge < -0.3 is 10.0 Å². The van der Waals surface area contributed by atoms with Crippen LogP contribution in [0.25, 0.3) is 22.3 Å². The van der Waals surface area contributed by atoms with Gasteiger partial charge in [0.1, 0.15) is 5.82 Å². The van der Waals surface area contributed by atoms with Gasteiger partial charge in [0, 0.05) is 24.0 Å². The van der Waals surface area contributed by atoms with Crippen LogP contribution < -0.4 is 5.46 Å². The van der Waals surface area contributed by atoms with Crippen LogP contribution in [0, 0.1) is 31.3 Å². The molecule has 0 radical (unpaired) electrons. The maximum atomic E-state index is 14.8. The molecule has 0 aliphatic heterocycles. The van der Waals surface area contributed by atoms with Crippen molar-refractivity contribution in [3.63, 3.8) is 0 Å². The van der Waals surface area contributed by atoms with Crippen molar-refractivity contribution in [3.8, 4) is 22.3 Å². The highest BCUT2D eigenvalue weighted by Crippen LogP contribution is 2.34. The normalized spacial score (nSPS) is 11.2. The standard InChI is InChI=1S/C27H27F5.C7H9BO2/c1-3-4-5-6-15-27(31,32)17-21-12-14-23(26(30)25(21)29)22-13-11-20(16-24(22)28)19-9-7-18(2)8-10-19;1-6-2-4-7(5-3-6)8(9)10/h7-14,16H,3-6,15,17H2,1-2H3;2-5,9-10H,1H3. The summed E-state index contributed by atoms with van der Waals surface area (Å²) in [4.78, 5) is 0. The predicted molar refractivity (Wildman–Crippen MR) is 160 cm³/mol. The first kappa shape index (κ1) is 33.0. The number of hydrogen-bond acceptors (Lipinski definition) is 2. The van der Waals surface area contributed by atoms with Crippen molar-refractivity contribution in [2.75, 3.05) is 0 Å². The van der Waals surface area contributed by atoms with Crippen LogP contribution in [0.5, 0.6) is 0 Å². The summed E-state index contributed by atoms with van der Waals surface area (Å²) in [5, 5.41) is 17.3. The second-order valence-corrected chi connectivity index (χ2v) is 10.6. The van der Waals surface area contributed by atoms with Gasteiger partial charge in [-0.15, -0.1) is 0 Å². The van der Waals surface area contributed by atoms with E-state index in [9.17, 15) is 22.0 Å². The van der Waals surface area contributed by atoms with Gasteiger partial charge in [0.25, 0.3) is 5.92 Å². The molecule has 0 aliphatic carbocycles. The average molecular weight is 582 g/mol. The van der Waals surface area contributed by atoms with E-state index in [1.807, 2.05) is 57.2 Å². The number of benzene rings is 4. The van der Waals surface area contributed by atoms with Gasteiger partial charge in [0.2, 0.25) is 0 Å². The summed E-state index contributed by atoms with van der Waals surface area (Å²) in [6, 6.07) is 21.1. The monoisotopic (exact) mass is 582 g/mol. The Morgan fingerprint density at radius 1 is 0.667 bits per heavy atom. The Labute approximate surface area is 245 Å². The Hall–Kier alpha value is -3.49. The van der Waals surface area contributed by atoms with Gasteiger partial charge in [0.05, 0.1) is 0 Å². The van der Waals surface area contributed by atoms with E-state index in [1.54, 1.807) is 18.2 Å². The summed E-state index contributed by atoms with van der Waals surface area (Å²) in [6.45, 7) is 5.88. The quantitative estimate of drug-likeness (QED) is 0.112. The number of rotatable bonds is 10. The summed E-state index contributed by atoms with van der Waals surface area (Å²) >= 11 is 0. The molecule has 0 aromatic heterocycles. The van der Waals surface area contributed by atoms with Crippen LogP contribution in [0.15, 0.2) is 78.9 Å². The molecule has 0 bridgehead atoms. The molecule has 0 fully saturated rings. The Balaban J connectivity index is 0.000000408. The third-order valence-corrected chi connectivity index (χ3v) is 7.03. The number of unbranched alkanes of at least 4 members (excludes halogenated alkanes) is 3. The molecule has 0 aliphatic rings. The van der Waals surface area contributed by atoms with Crippen molar-refractivity contribution in [2.45, 2.75) is 65.2 Å². The minimum atomic E-state index is -3.12. The van der Waals surface area contributed by atoms with E-state index in [0.717, 1.165) is 35.6 Å². The maximum absolute atomic E-state index is 14.8. The number of aryl methyl sites for hydroxylation is 2. The number of halogens is 5. The summed E-state index contributed by atoms with van der Waals surface area (Å²) in [5.74, 6) is -6.50. The van der Waals surface area contributed by atoms with Crippen LogP contribution in [0.1, 0.15) is 55.7 Å². The van der Waals surface area contributed by atoms with E-state index in [0.29, 0.717) is 23.9 Å². The van der Waals surface area contributed by atoms with E-state index >= 15 is 0 Å². The molecule has 0 spiro atoms. The van der Waals surface area contributed by atoms with Crippen molar-refractivity contribution >= 4 is 12.6 Å². The third kappa shape index (κ3) is 9.26. The van der Waals surface area contributed by atoms with Crippen molar-refractivity contribution in [2.24, 2.45) is 0 Å². The highest BCUT2D eigenvalue weighted by molar-refractivity contribution is 6.58. The molecule has 2 N–H and O–H groups in total. The lowest BCUT2D eigenvalue weighted by Gasteiger charge is -2.18. The highest BCUT2D eigenvalue weighted by Gasteiger charge is 2.31. The molecule has 8 heteroatoms. The van der Waals surface area contributed by atoms with E-state index in [1.165, 1.54) is 18.2 Å². The number of alkyl halides is 2. The molecular formula is C34H36BF5O2. The zero-order valence-corrected chi connectivity index (χ0v) is 24.1. The Kier molecular flexibility index (Phi) is 11.9. The van der Waals surface area contributed by atoms with Gasteiger partial charge in [0.15, 0.2) is 11.6 Å². The summed E-state index contributed by atoms with van der Waals surface area (Å²) in [5.41, 5.74) is 3.31. The molecule has 222 valence electrons. The van der Waals surface area contributed by atoms with Crippen molar-refractivity contribution < 1.29 is 32.0 Å². The third-order valence-electron chi connectivity index (χ3n) is 7.03. The van der Waals surface area contributed by atoms with Crippen LogP contribution in [-0.4, -0.2) is 23.1 Å². The lowest BCUT2D eigenvalue weighted by Crippen LogP contribution is -2.29. The summed E-state index contributed by atoms with van der Waals surface area (Å²) in [7, 11) is -1.35. The second kappa shape index (κ2) is 15.1. The van der Waals surface area contributed by atoms with Crippen molar-refractivity contribution in [3.05, 3.63) is 113 Å². The molecule has 0 saturated heterocycles. The first-order valence-corrected chi connectivity index (χ1v) is 14.1. The van der Waals surface area contributed by atoms with Gasteiger partial charge in [-0.3, -0.25) is 0 Å². The summed E-state index contributed by atoms with van der Waals surface area (Å²) in [6.07, 6.45) is 1.56. The van der Waals surface area contributed by atoms with Crippen LogP contribution in [-0.2, 0) is 6.42 Å².